The van der Waals surface area contributed by atoms with Crippen LogP contribution in [-0.2, 0) is 9.59 Å². The maximum atomic E-state index is 13.3. The second-order valence-electron chi connectivity index (χ2n) is 7.99. The molecule has 1 aliphatic rings. The van der Waals surface area contributed by atoms with E-state index in [0.717, 1.165) is 10.8 Å². The van der Waals surface area contributed by atoms with Crippen molar-refractivity contribution in [1.29, 1.82) is 0 Å². The van der Waals surface area contributed by atoms with Gasteiger partial charge in [-0.2, -0.15) is 0 Å². The Hall–Kier alpha value is -4.58. The first-order valence-electron chi connectivity index (χ1n) is 10.7. The summed E-state index contributed by atoms with van der Waals surface area (Å²) in [6.45, 7) is 0. The van der Waals surface area contributed by atoms with E-state index in [2.05, 4.69) is 0 Å². The topological polar surface area (TPSA) is 87.1 Å². The number of benzene rings is 4. The average molecular weight is 451 g/mol. The number of hydrogen-bond donors (Lipinski definition) is 2. The molecule has 34 heavy (non-hydrogen) atoms. The van der Waals surface area contributed by atoms with Gasteiger partial charge in [0.15, 0.2) is 0 Å². The van der Waals surface area contributed by atoms with Crippen molar-refractivity contribution in [3.63, 3.8) is 0 Å². The predicted molar refractivity (Wildman–Crippen MR) is 130 cm³/mol. The fourth-order valence-corrected chi connectivity index (χ4v) is 4.37. The molecular formula is C28H21NO5. The summed E-state index contributed by atoms with van der Waals surface area (Å²) < 4.78 is 5.45. The van der Waals surface area contributed by atoms with Gasteiger partial charge in [0, 0.05) is 5.56 Å². The van der Waals surface area contributed by atoms with Crippen LogP contribution in [0.5, 0.6) is 11.5 Å². The number of aliphatic hydroxyl groups is 1. The Morgan fingerprint density at radius 3 is 2.26 bits per heavy atom. The van der Waals surface area contributed by atoms with Gasteiger partial charge in [-0.1, -0.05) is 60.7 Å². The summed E-state index contributed by atoms with van der Waals surface area (Å²) >= 11 is 0. The number of phenolic OH excluding ortho intramolecular Hbond substituents is 1. The SMILES string of the molecule is COc1ccccc1N1C(=O)C(=O)/C(=C(\O)c2ccc3ccccc3c2)C1c1ccc(O)cc1. The Bertz CT molecular complexity index is 1460. The molecule has 6 heteroatoms. The van der Waals surface area contributed by atoms with Crippen LogP contribution in [0.15, 0.2) is 96.6 Å². The molecule has 168 valence electrons. The smallest absolute Gasteiger partial charge is 0.300 e. The number of amides is 1. The molecule has 1 fully saturated rings. The summed E-state index contributed by atoms with van der Waals surface area (Å²) in [4.78, 5) is 28.0. The number of rotatable bonds is 4. The molecule has 0 saturated carbocycles. The molecular weight excluding hydrogens is 430 g/mol. The number of carbonyl (C=O) groups is 2. The molecule has 5 rings (SSSR count). The summed E-state index contributed by atoms with van der Waals surface area (Å²) in [5, 5.41) is 23.0. The Kier molecular flexibility index (Phi) is 5.26. The standard InChI is InChI=1S/C28H21NO5/c1-34-23-9-5-4-8-22(23)29-25(18-12-14-21(30)15-13-18)24(27(32)28(29)33)26(31)20-11-10-17-6-2-3-7-19(17)16-20/h2-16,25,30-31H,1H3/b26-24-. The maximum absolute atomic E-state index is 13.3. The van der Waals surface area contributed by atoms with Crippen molar-refractivity contribution >= 4 is 33.9 Å². The number of para-hydroxylation sites is 2. The molecule has 1 heterocycles. The first kappa shape index (κ1) is 21.3. The molecule has 6 nitrogen and oxygen atoms in total. The Balaban J connectivity index is 1.75. The van der Waals surface area contributed by atoms with Crippen LogP contribution in [0, 0.1) is 0 Å². The van der Waals surface area contributed by atoms with Gasteiger partial charge in [-0.15, -0.1) is 0 Å². The van der Waals surface area contributed by atoms with E-state index in [1.165, 1.54) is 24.1 Å². The highest BCUT2D eigenvalue weighted by Crippen LogP contribution is 2.45. The second kappa shape index (κ2) is 8.41. The number of ether oxygens (including phenoxy) is 1. The van der Waals surface area contributed by atoms with Crippen LogP contribution in [0.1, 0.15) is 17.2 Å². The molecule has 1 aliphatic heterocycles. The number of phenols is 1. The van der Waals surface area contributed by atoms with Gasteiger partial charge >= 0.3 is 0 Å². The highest BCUT2D eigenvalue weighted by Gasteiger charge is 2.47. The first-order valence-corrected chi connectivity index (χ1v) is 10.7. The zero-order valence-electron chi connectivity index (χ0n) is 18.3. The van der Waals surface area contributed by atoms with Crippen molar-refractivity contribution < 1.29 is 24.5 Å². The largest absolute Gasteiger partial charge is 0.508 e. The Labute approximate surface area is 196 Å². The van der Waals surface area contributed by atoms with Crippen LogP contribution in [0.4, 0.5) is 5.69 Å². The summed E-state index contributed by atoms with van der Waals surface area (Å²) in [6.07, 6.45) is 0. The molecule has 1 saturated heterocycles. The van der Waals surface area contributed by atoms with E-state index in [9.17, 15) is 19.8 Å². The zero-order valence-corrected chi connectivity index (χ0v) is 18.3. The lowest BCUT2D eigenvalue weighted by molar-refractivity contribution is -0.132. The van der Waals surface area contributed by atoms with Gasteiger partial charge in [-0.25, -0.2) is 0 Å². The van der Waals surface area contributed by atoms with Gasteiger partial charge in [-0.3, -0.25) is 14.5 Å². The molecule has 2 N–H and O–H groups in total. The maximum Gasteiger partial charge on any atom is 0.300 e. The third kappa shape index (κ3) is 3.46. The van der Waals surface area contributed by atoms with Crippen molar-refractivity contribution in [2.24, 2.45) is 0 Å². The third-order valence-electron chi connectivity index (χ3n) is 6.02. The number of methoxy groups -OCH3 is 1. The summed E-state index contributed by atoms with van der Waals surface area (Å²) in [5.41, 5.74) is 1.37. The zero-order chi connectivity index (χ0) is 23.8. The van der Waals surface area contributed by atoms with Gasteiger partial charge in [0.05, 0.1) is 24.4 Å². The lowest BCUT2D eigenvalue weighted by atomic mass is 9.94. The van der Waals surface area contributed by atoms with E-state index in [1.807, 2.05) is 30.3 Å². The van der Waals surface area contributed by atoms with Crippen molar-refractivity contribution in [2.45, 2.75) is 6.04 Å². The second-order valence-corrected chi connectivity index (χ2v) is 7.99. The van der Waals surface area contributed by atoms with Crippen LogP contribution < -0.4 is 9.64 Å². The minimum Gasteiger partial charge on any atom is -0.508 e. The van der Waals surface area contributed by atoms with E-state index in [1.54, 1.807) is 48.5 Å². The van der Waals surface area contributed by atoms with Crippen LogP contribution >= 0.6 is 0 Å². The fraction of sp³-hybridized carbons (Fsp3) is 0.0714. The average Bonchev–Trinajstić information content (AvgIpc) is 3.13. The van der Waals surface area contributed by atoms with E-state index in [0.29, 0.717) is 22.6 Å². The van der Waals surface area contributed by atoms with Crippen LogP contribution in [0.3, 0.4) is 0 Å². The molecule has 1 unspecified atom stereocenters. The van der Waals surface area contributed by atoms with E-state index >= 15 is 0 Å². The molecule has 1 atom stereocenters. The molecule has 0 radical (unpaired) electrons. The van der Waals surface area contributed by atoms with Crippen LogP contribution in [-0.4, -0.2) is 29.0 Å². The minimum atomic E-state index is -0.914. The van der Waals surface area contributed by atoms with Gasteiger partial charge < -0.3 is 14.9 Å². The van der Waals surface area contributed by atoms with Crippen molar-refractivity contribution in [1.82, 2.24) is 0 Å². The number of Topliss-reactive ketones (excluding diaryl/α,β-unsaturated/α-hetero) is 1. The Morgan fingerprint density at radius 1 is 0.853 bits per heavy atom. The number of aromatic hydroxyl groups is 1. The normalized spacial score (nSPS) is 17.3. The van der Waals surface area contributed by atoms with Crippen LogP contribution in [0.2, 0.25) is 0 Å². The monoisotopic (exact) mass is 451 g/mol. The number of fused-ring (bicyclic) bond motifs is 1. The van der Waals surface area contributed by atoms with E-state index < -0.39 is 17.7 Å². The van der Waals surface area contributed by atoms with Crippen molar-refractivity contribution in [2.75, 3.05) is 12.0 Å². The number of anilines is 1. The molecule has 0 aromatic heterocycles. The van der Waals surface area contributed by atoms with E-state index in [-0.39, 0.29) is 17.1 Å². The molecule has 0 aliphatic carbocycles. The van der Waals surface area contributed by atoms with E-state index in [4.69, 9.17) is 4.74 Å². The summed E-state index contributed by atoms with van der Waals surface area (Å²) in [6, 6.07) is 25.3. The van der Waals surface area contributed by atoms with Crippen molar-refractivity contribution in [3.05, 3.63) is 108 Å². The highest BCUT2D eigenvalue weighted by atomic mass is 16.5. The predicted octanol–water partition coefficient (Wildman–Crippen LogP) is 5.18. The highest BCUT2D eigenvalue weighted by molar-refractivity contribution is 6.52. The van der Waals surface area contributed by atoms with Gasteiger partial charge in [-0.05, 0) is 46.7 Å². The van der Waals surface area contributed by atoms with Gasteiger partial charge in [0.25, 0.3) is 11.7 Å². The van der Waals surface area contributed by atoms with Gasteiger partial charge in [0.1, 0.15) is 17.3 Å². The Morgan fingerprint density at radius 2 is 1.53 bits per heavy atom. The lowest BCUT2D eigenvalue weighted by Crippen LogP contribution is -2.29. The third-order valence-corrected chi connectivity index (χ3v) is 6.02. The molecule has 1 amide bonds. The van der Waals surface area contributed by atoms with Crippen LogP contribution in [0.25, 0.3) is 16.5 Å². The summed E-state index contributed by atoms with van der Waals surface area (Å²) in [5.74, 6) is -1.37. The number of carbonyl (C=O) groups excluding carboxylic acids is 2. The number of hydrogen-bond acceptors (Lipinski definition) is 5. The lowest BCUT2D eigenvalue weighted by Gasteiger charge is -2.26. The number of ketones is 1. The molecule has 0 bridgehead atoms. The van der Waals surface area contributed by atoms with Gasteiger partial charge in [0.2, 0.25) is 0 Å². The molecule has 4 aromatic rings. The molecule has 4 aromatic carbocycles. The number of nitrogens with zero attached hydrogens (tertiary/aromatic N) is 1. The molecule has 0 spiro atoms. The number of aliphatic hydroxyl groups excluding tert-OH is 1. The quantitative estimate of drug-likeness (QED) is 0.254. The first-order chi connectivity index (χ1) is 16.5. The minimum absolute atomic E-state index is 0.0307. The fourth-order valence-electron chi connectivity index (χ4n) is 4.37. The summed E-state index contributed by atoms with van der Waals surface area (Å²) in [7, 11) is 1.49. The van der Waals surface area contributed by atoms with Crippen molar-refractivity contribution in [3.8, 4) is 11.5 Å².